The average Bonchev–Trinajstić information content (AvgIpc) is 2.53. The molecule has 2 N–H and O–H groups in total. The van der Waals surface area contributed by atoms with Crippen molar-refractivity contribution >= 4 is 10.0 Å². The number of hydrogen-bond donors (Lipinski definition) is 2. The van der Waals surface area contributed by atoms with E-state index in [4.69, 9.17) is 0 Å². The molecule has 112 valence electrons. The van der Waals surface area contributed by atoms with Crippen LogP contribution in [0, 0.1) is 0 Å². The number of aliphatic hydroxyl groups is 1. The van der Waals surface area contributed by atoms with E-state index in [1.807, 2.05) is 6.92 Å². The van der Waals surface area contributed by atoms with Crippen molar-refractivity contribution in [1.29, 1.82) is 0 Å². The van der Waals surface area contributed by atoms with Gasteiger partial charge in [0.2, 0.25) is 10.0 Å². The standard InChI is InChI=1S/C15H18N2O3S/c1-2-14-6-5-12(11-18)8-15(14)21(19,20)17-10-13-4-3-7-16-9-13/h3-9,17-18H,2,10-11H2,1H3. The molecule has 0 spiro atoms. The predicted molar refractivity (Wildman–Crippen MR) is 80.0 cm³/mol. The topological polar surface area (TPSA) is 79.3 Å². The molecule has 0 aliphatic heterocycles. The van der Waals surface area contributed by atoms with E-state index in [1.165, 1.54) is 6.07 Å². The van der Waals surface area contributed by atoms with Crippen molar-refractivity contribution in [3.63, 3.8) is 0 Å². The summed E-state index contributed by atoms with van der Waals surface area (Å²) in [7, 11) is -3.62. The van der Waals surface area contributed by atoms with E-state index in [0.717, 1.165) is 11.1 Å². The van der Waals surface area contributed by atoms with Gasteiger partial charge in [-0.1, -0.05) is 25.1 Å². The van der Waals surface area contributed by atoms with Crippen molar-refractivity contribution in [3.8, 4) is 0 Å². The number of hydrogen-bond acceptors (Lipinski definition) is 4. The van der Waals surface area contributed by atoms with Crippen LogP contribution in [0.25, 0.3) is 0 Å². The molecular weight excluding hydrogens is 288 g/mol. The van der Waals surface area contributed by atoms with Gasteiger partial charge < -0.3 is 5.11 Å². The summed E-state index contributed by atoms with van der Waals surface area (Å²) in [5.74, 6) is 0. The first-order valence-electron chi connectivity index (χ1n) is 6.68. The highest BCUT2D eigenvalue weighted by Crippen LogP contribution is 2.19. The highest BCUT2D eigenvalue weighted by atomic mass is 32.2. The Hall–Kier alpha value is -1.76. The maximum atomic E-state index is 12.4. The van der Waals surface area contributed by atoms with Crippen LogP contribution in [0.5, 0.6) is 0 Å². The Morgan fingerprint density at radius 2 is 2.05 bits per heavy atom. The second-order valence-electron chi connectivity index (χ2n) is 4.64. The monoisotopic (exact) mass is 306 g/mol. The number of pyridine rings is 1. The van der Waals surface area contributed by atoms with Crippen LogP contribution < -0.4 is 4.72 Å². The van der Waals surface area contributed by atoms with E-state index in [2.05, 4.69) is 9.71 Å². The molecule has 0 fully saturated rings. The maximum Gasteiger partial charge on any atom is 0.241 e. The zero-order chi connectivity index (χ0) is 15.3. The van der Waals surface area contributed by atoms with Crippen molar-refractivity contribution in [1.82, 2.24) is 9.71 Å². The third-order valence-corrected chi connectivity index (χ3v) is 4.66. The fraction of sp³-hybridized carbons (Fsp3) is 0.267. The number of aromatic nitrogens is 1. The van der Waals surface area contributed by atoms with Gasteiger partial charge in [-0.05, 0) is 35.2 Å². The van der Waals surface area contributed by atoms with Crippen LogP contribution in [0.15, 0.2) is 47.6 Å². The van der Waals surface area contributed by atoms with E-state index in [0.29, 0.717) is 12.0 Å². The van der Waals surface area contributed by atoms with Gasteiger partial charge in [0, 0.05) is 18.9 Å². The quantitative estimate of drug-likeness (QED) is 0.850. The minimum absolute atomic E-state index is 0.183. The van der Waals surface area contributed by atoms with Crippen LogP contribution in [-0.4, -0.2) is 18.5 Å². The third kappa shape index (κ3) is 3.87. The molecule has 0 aliphatic carbocycles. The summed E-state index contributed by atoms with van der Waals surface area (Å²) in [4.78, 5) is 4.17. The molecule has 0 radical (unpaired) electrons. The highest BCUT2D eigenvalue weighted by Gasteiger charge is 2.18. The van der Waals surface area contributed by atoms with E-state index in [-0.39, 0.29) is 18.0 Å². The fourth-order valence-electron chi connectivity index (χ4n) is 2.00. The summed E-state index contributed by atoms with van der Waals surface area (Å²) in [6, 6.07) is 8.56. The number of aryl methyl sites for hydroxylation is 1. The molecule has 0 bridgehead atoms. The first-order valence-corrected chi connectivity index (χ1v) is 8.16. The molecule has 1 aromatic carbocycles. The third-order valence-electron chi connectivity index (χ3n) is 3.17. The molecule has 0 atom stereocenters. The number of sulfonamides is 1. The molecule has 0 aliphatic rings. The zero-order valence-electron chi connectivity index (χ0n) is 11.8. The Morgan fingerprint density at radius 1 is 1.24 bits per heavy atom. The largest absolute Gasteiger partial charge is 0.392 e. The van der Waals surface area contributed by atoms with E-state index in [1.54, 1.807) is 36.7 Å². The number of nitrogens with one attached hydrogen (secondary N) is 1. The molecular formula is C15H18N2O3S. The lowest BCUT2D eigenvalue weighted by molar-refractivity contribution is 0.281. The van der Waals surface area contributed by atoms with Crippen LogP contribution >= 0.6 is 0 Å². The van der Waals surface area contributed by atoms with Crippen molar-refractivity contribution in [2.45, 2.75) is 31.4 Å². The van der Waals surface area contributed by atoms with E-state index < -0.39 is 10.0 Å². The molecule has 2 rings (SSSR count). The number of aliphatic hydroxyl groups excluding tert-OH is 1. The fourth-order valence-corrected chi connectivity index (χ4v) is 3.37. The minimum Gasteiger partial charge on any atom is -0.392 e. The zero-order valence-corrected chi connectivity index (χ0v) is 12.6. The summed E-state index contributed by atoms with van der Waals surface area (Å²) in [5, 5.41) is 9.18. The van der Waals surface area contributed by atoms with E-state index >= 15 is 0 Å². The average molecular weight is 306 g/mol. The Balaban J connectivity index is 2.26. The first kappa shape index (κ1) is 15.6. The van der Waals surface area contributed by atoms with Crippen LogP contribution in [0.3, 0.4) is 0 Å². The number of benzene rings is 1. The van der Waals surface area contributed by atoms with Crippen LogP contribution in [0.1, 0.15) is 23.6 Å². The summed E-state index contributed by atoms with van der Waals surface area (Å²) in [5.41, 5.74) is 2.09. The molecule has 2 aromatic rings. The Bertz CT molecular complexity index is 700. The van der Waals surface area contributed by atoms with E-state index in [9.17, 15) is 13.5 Å². The summed E-state index contributed by atoms with van der Waals surface area (Å²) in [6.07, 6.45) is 3.86. The molecule has 0 unspecified atom stereocenters. The van der Waals surface area contributed by atoms with Crippen molar-refractivity contribution in [2.24, 2.45) is 0 Å². The molecule has 6 heteroatoms. The summed E-state index contributed by atoms with van der Waals surface area (Å²) < 4.78 is 27.4. The van der Waals surface area contributed by atoms with Gasteiger partial charge in [0.25, 0.3) is 0 Å². The smallest absolute Gasteiger partial charge is 0.241 e. The molecule has 0 amide bonds. The lowest BCUT2D eigenvalue weighted by Crippen LogP contribution is -2.24. The van der Waals surface area contributed by atoms with Crippen molar-refractivity contribution in [3.05, 3.63) is 59.4 Å². The molecule has 1 aromatic heterocycles. The lowest BCUT2D eigenvalue weighted by atomic mass is 10.1. The van der Waals surface area contributed by atoms with Crippen LogP contribution in [0.2, 0.25) is 0 Å². The van der Waals surface area contributed by atoms with Gasteiger partial charge in [-0.25, -0.2) is 13.1 Å². The van der Waals surface area contributed by atoms with Gasteiger partial charge in [-0.2, -0.15) is 0 Å². The molecule has 1 heterocycles. The van der Waals surface area contributed by atoms with Gasteiger partial charge in [0.05, 0.1) is 11.5 Å². The Labute approximate surface area is 124 Å². The Kier molecular flexibility index (Phi) is 5.06. The minimum atomic E-state index is -3.62. The maximum absolute atomic E-state index is 12.4. The second-order valence-corrected chi connectivity index (χ2v) is 6.37. The van der Waals surface area contributed by atoms with Crippen LogP contribution in [-0.2, 0) is 29.6 Å². The lowest BCUT2D eigenvalue weighted by Gasteiger charge is -2.12. The van der Waals surface area contributed by atoms with Crippen molar-refractivity contribution in [2.75, 3.05) is 0 Å². The predicted octanol–water partition coefficient (Wildman–Crippen LogP) is 1.61. The highest BCUT2D eigenvalue weighted by molar-refractivity contribution is 7.89. The van der Waals surface area contributed by atoms with Gasteiger partial charge >= 0.3 is 0 Å². The number of nitrogens with zero attached hydrogens (tertiary/aromatic N) is 1. The summed E-state index contributed by atoms with van der Waals surface area (Å²) in [6.45, 7) is 1.89. The van der Waals surface area contributed by atoms with Gasteiger partial charge in [-0.15, -0.1) is 0 Å². The van der Waals surface area contributed by atoms with Crippen LogP contribution in [0.4, 0.5) is 0 Å². The van der Waals surface area contributed by atoms with Gasteiger partial charge in [-0.3, -0.25) is 4.98 Å². The molecule has 0 saturated heterocycles. The molecule has 0 saturated carbocycles. The molecule has 5 nitrogen and oxygen atoms in total. The SMILES string of the molecule is CCc1ccc(CO)cc1S(=O)(=O)NCc1cccnc1. The first-order chi connectivity index (χ1) is 10.1. The number of rotatable bonds is 6. The van der Waals surface area contributed by atoms with Crippen molar-refractivity contribution < 1.29 is 13.5 Å². The van der Waals surface area contributed by atoms with Gasteiger partial charge in [0.1, 0.15) is 0 Å². The Morgan fingerprint density at radius 3 is 2.67 bits per heavy atom. The normalized spacial score (nSPS) is 11.5. The summed E-state index contributed by atoms with van der Waals surface area (Å²) >= 11 is 0. The molecule has 21 heavy (non-hydrogen) atoms. The van der Waals surface area contributed by atoms with Gasteiger partial charge in [0.15, 0.2) is 0 Å². The second kappa shape index (κ2) is 6.80.